The number of carbonyl (C=O) groups is 2. The van der Waals surface area contributed by atoms with Gasteiger partial charge in [-0.15, -0.1) is 0 Å². The van der Waals surface area contributed by atoms with Gasteiger partial charge in [0.2, 0.25) is 11.8 Å². The summed E-state index contributed by atoms with van der Waals surface area (Å²) in [6.07, 6.45) is 2.07. The van der Waals surface area contributed by atoms with E-state index >= 15 is 0 Å². The van der Waals surface area contributed by atoms with E-state index in [1.807, 2.05) is 26.0 Å². The molecule has 1 atom stereocenters. The highest BCUT2D eigenvalue weighted by atomic mass is 35.5. The standard InChI is InChI=1S/C31H38ClN3O5S/c1-5-7-18-33-31(37)28(6-2)34(21-24-12-11-13-26(20-24)40-4)30(36)22-35(29-17-16-25(32)19-23(29)3)41(38,39)27-14-9-8-10-15-27/h8-17,19-20,28H,5-7,18,21-22H2,1-4H3,(H,33,37). The molecule has 1 N–H and O–H groups in total. The van der Waals surface area contributed by atoms with Gasteiger partial charge in [0, 0.05) is 18.1 Å². The van der Waals surface area contributed by atoms with Gasteiger partial charge in [-0.25, -0.2) is 8.42 Å². The third-order valence-corrected chi connectivity index (χ3v) is 8.75. The molecule has 2 amide bonds. The molecule has 0 spiro atoms. The molecule has 10 heteroatoms. The van der Waals surface area contributed by atoms with Crippen molar-refractivity contribution in [2.75, 3.05) is 24.5 Å². The number of anilines is 1. The molecule has 0 fully saturated rings. The summed E-state index contributed by atoms with van der Waals surface area (Å²) in [5, 5.41) is 3.38. The largest absolute Gasteiger partial charge is 0.497 e. The van der Waals surface area contributed by atoms with Gasteiger partial charge in [-0.1, -0.05) is 62.2 Å². The molecule has 3 rings (SSSR count). The third kappa shape index (κ3) is 8.24. The van der Waals surface area contributed by atoms with Crippen molar-refractivity contribution in [1.82, 2.24) is 10.2 Å². The molecule has 0 aliphatic heterocycles. The highest BCUT2D eigenvalue weighted by Crippen LogP contribution is 2.29. The van der Waals surface area contributed by atoms with Crippen LogP contribution in [0.25, 0.3) is 0 Å². The average Bonchev–Trinajstić information content (AvgIpc) is 2.96. The Bertz CT molecular complexity index is 1430. The molecule has 3 aromatic rings. The lowest BCUT2D eigenvalue weighted by atomic mass is 10.1. The Hall–Kier alpha value is -3.56. The minimum atomic E-state index is -4.15. The van der Waals surface area contributed by atoms with Crippen molar-refractivity contribution in [2.24, 2.45) is 0 Å². The number of ether oxygens (including phenoxy) is 1. The first-order valence-corrected chi connectivity index (χ1v) is 15.5. The highest BCUT2D eigenvalue weighted by Gasteiger charge is 2.34. The number of benzene rings is 3. The predicted molar refractivity (Wildman–Crippen MR) is 163 cm³/mol. The maximum Gasteiger partial charge on any atom is 0.264 e. The number of halogens is 1. The lowest BCUT2D eigenvalue weighted by Crippen LogP contribution is -2.52. The molecule has 0 radical (unpaired) electrons. The number of nitrogens with one attached hydrogen (secondary N) is 1. The number of methoxy groups -OCH3 is 1. The first-order chi connectivity index (χ1) is 19.6. The Balaban J connectivity index is 2.06. The van der Waals surface area contributed by atoms with Crippen molar-refractivity contribution < 1.29 is 22.7 Å². The van der Waals surface area contributed by atoms with E-state index in [0.717, 1.165) is 22.7 Å². The molecule has 0 aromatic heterocycles. The topological polar surface area (TPSA) is 96.0 Å². The summed E-state index contributed by atoms with van der Waals surface area (Å²) < 4.78 is 34.3. The molecule has 0 bridgehead atoms. The van der Waals surface area contributed by atoms with E-state index in [4.69, 9.17) is 16.3 Å². The molecule has 0 saturated heterocycles. The number of rotatable bonds is 14. The fourth-order valence-electron chi connectivity index (χ4n) is 4.52. The molecule has 0 heterocycles. The van der Waals surface area contributed by atoms with Crippen LogP contribution in [-0.4, -0.2) is 51.4 Å². The monoisotopic (exact) mass is 599 g/mol. The van der Waals surface area contributed by atoms with Crippen LogP contribution in [0.3, 0.4) is 0 Å². The zero-order valence-electron chi connectivity index (χ0n) is 24.0. The normalized spacial score (nSPS) is 11.9. The van der Waals surface area contributed by atoms with E-state index in [2.05, 4.69) is 5.32 Å². The number of amides is 2. The van der Waals surface area contributed by atoms with Gasteiger partial charge in [0.05, 0.1) is 17.7 Å². The lowest BCUT2D eigenvalue weighted by molar-refractivity contribution is -0.140. The van der Waals surface area contributed by atoms with Gasteiger partial charge in [0.1, 0.15) is 18.3 Å². The van der Waals surface area contributed by atoms with E-state index in [9.17, 15) is 18.0 Å². The Morgan fingerprint density at radius 3 is 2.37 bits per heavy atom. The quantitative estimate of drug-likeness (QED) is 0.244. The van der Waals surface area contributed by atoms with E-state index in [1.54, 1.807) is 62.6 Å². The maximum atomic E-state index is 14.2. The molecular formula is C31H38ClN3O5S. The number of nitrogens with zero attached hydrogens (tertiary/aromatic N) is 2. The zero-order valence-corrected chi connectivity index (χ0v) is 25.5. The van der Waals surface area contributed by atoms with Crippen molar-refractivity contribution in [3.63, 3.8) is 0 Å². The highest BCUT2D eigenvalue weighted by molar-refractivity contribution is 7.92. The fraction of sp³-hybridized carbons (Fsp3) is 0.355. The maximum absolute atomic E-state index is 14.2. The Morgan fingerprint density at radius 2 is 1.73 bits per heavy atom. The molecule has 3 aromatic carbocycles. The predicted octanol–water partition coefficient (Wildman–Crippen LogP) is 5.58. The van der Waals surface area contributed by atoms with Crippen LogP contribution in [0, 0.1) is 6.92 Å². The Labute approximate surface area is 248 Å². The van der Waals surface area contributed by atoms with Crippen LogP contribution < -0.4 is 14.4 Å². The van der Waals surface area contributed by atoms with Crippen molar-refractivity contribution in [3.8, 4) is 5.75 Å². The summed E-state index contributed by atoms with van der Waals surface area (Å²) in [7, 11) is -2.60. The zero-order chi connectivity index (χ0) is 30.0. The van der Waals surface area contributed by atoms with Crippen LogP contribution in [0.5, 0.6) is 5.75 Å². The molecular weight excluding hydrogens is 562 g/mol. The van der Waals surface area contributed by atoms with Crippen molar-refractivity contribution in [1.29, 1.82) is 0 Å². The number of sulfonamides is 1. The minimum absolute atomic E-state index is 0.0471. The second-order valence-electron chi connectivity index (χ2n) is 9.70. The Morgan fingerprint density at radius 1 is 1.00 bits per heavy atom. The average molecular weight is 600 g/mol. The minimum Gasteiger partial charge on any atom is -0.497 e. The molecule has 0 aliphatic rings. The van der Waals surface area contributed by atoms with Gasteiger partial charge in [-0.05, 0) is 73.4 Å². The van der Waals surface area contributed by atoms with E-state index in [-0.39, 0.29) is 17.3 Å². The number of aryl methyl sites for hydroxylation is 1. The molecule has 1 unspecified atom stereocenters. The second kappa shape index (κ2) is 14.9. The SMILES string of the molecule is CCCCNC(=O)C(CC)N(Cc1cccc(OC)c1)C(=O)CN(c1ccc(Cl)cc1C)S(=O)(=O)c1ccccc1. The summed E-state index contributed by atoms with van der Waals surface area (Å²) >= 11 is 6.17. The Kier molecular flexibility index (Phi) is 11.6. The van der Waals surface area contributed by atoms with Crippen molar-refractivity contribution in [2.45, 2.75) is 57.5 Å². The fourth-order valence-corrected chi connectivity index (χ4v) is 6.25. The van der Waals surface area contributed by atoms with Crippen LogP contribution in [0.1, 0.15) is 44.2 Å². The van der Waals surface area contributed by atoms with Gasteiger partial charge in [0.15, 0.2) is 0 Å². The van der Waals surface area contributed by atoms with Gasteiger partial charge < -0.3 is 15.0 Å². The van der Waals surface area contributed by atoms with Crippen LogP contribution in [-0.2, 0) is 26.2 Å². The lowest BCUT2D eigenvalue weighted by Gasteiger charge is -2.33. The molecule has 220 valence electrons. The van der Waals surface area contributed by atoms with E-state index in [0.29, 0.717) is 35.0 Å². The third-order valence-electron chi connectivity index (χ3n) is 6.74. The number of hydrogen-bond acceptors (Lipinski definition) is 5. The van der Waals surface area contributed by atoms with Gasteiger partial charge in [-0.3, -0.25) is 13.9 Å². The first kappa shape index (κ1) is 32.0. The second-order valence-corrected chi connectivity index (χ2v) is 12.0. The first-order valence-electron chi connectivity index (χ1n) is 13.7. The van der Waals surface area contributed by atoms with Crippen LogP contribution >= 0.6 is 11.6 Å². The molecule has 0 saturated carbocycles. The summed E-state index contributed by atoms with van der Waals surface area (Å²) in [6.45, 7) is 5.67. The van der Waals surface area contributed by atoms with E-state index < -0.39 is 28.5 Å². The number of carbonyl (C=O) groups excluding carboxylic acids is 2. The van der Waals surface area contributed by atoms with Crippen LogP contribution in [0.4, 0.5) is 5.69 Å². The van der Waals surface area contributed by atoms with Crippen molar-refractivity contribution >= 4 is 39.1 Å². The summed E-state index contributed by atoms with van der Waals surface area (Å²) in [4.78, 5) is 29.0. The summed E-state index contributed by atoms with van der Waals surface area (Å²) in [5.74, 6) is -0.183. The van der Waals surface area contributed by atoms with Gasteiger partial charge in [-0.2, -0.15) is 0 Å². The van der Waals surface area contributed by atoms with Crippen LogP contribution in [0.15, 0.2) is 77.7 Å². The van der Waals surface area contributed by atoms with Crippen molar-refractivity contribution in [3.05, 3.63) is 88.9 Å². The van der Waals surface area contributed by atoms with E-state index in [1.165, 1.54) is 17.0 Å². The molecule has 8 nitrogen and oxygen atoms in total. The van der Waals surface area contributed by atoms with Gasteiger partial charge in [0.25, 0.3) is 10.0 Å². The summed E-state index contributed by atoms with van der Waals surface area (Å²) in [6, 6.07) is 19.2. The molecule has 0 aliphatic carbocycles. The smallest absolute Gasteiger partial charge is 0.264 e. The summed E-state index contributed by atoms with van der Waals surface area (Å²) in [5.41, 5.74) is 1.67. The van der Waals surface area contributed by atoms with Gasteiger partial charge >= 0.3 is 0 Å². The molecule has 41 heavy (non-hydrogen) atoms. The van der Waals surface area contributed by atoms with Crippen LogP contribution in [0.2, 0.25) is 5.02 Å². The number of hydrogen-bond donors (Lipinski definition) is 1. The number of unbranched alkanes of at least 4 members (excludes halogenated alkanes) is 1.